The molecule has 1 N–H and O–H groups in total. The minimum Gasteiger partial charge on any atom is -0.506 e. The topological polar surface area (TPSA) is 50.9 Å². The van der Waals surface area contributed by atoms with Gasteiger partial charge in [-0.3, -0.25) is 4.98 Å². The van der Waals surface area contributed by atoms with Gasteiger partial charge >= 0.3 is 0 Å². The van der Waals surface area contributed by atoms with Gasteiger partial charge in [-0.15, -0.1) is 5.39 Å². The van der Waals surface area contributed by atoms with E-state index in [1.165, 1.54) is 16.1 Å². The molecule has 3 aromatic carbocycles. The molecule has 182 valence electrons. The van der Waals surface area contributed by atoms with Crippen LogP contribution >= 0.6 is 0 Å². The molecule has 0 radical (unpaired) electrons. The van der Waals surface area contributed by atoms with Gasteiger partial charge in [0.1, 0.15) is 25.2 Å². The van der Waals surface area contributed by atoms with E-state index in [1.807, 2.05) is 19.2 Å². The van der Waals surface area contributed by atoms with Crippen LogP contribution in [0.3, 0.4) is 0 Å². The summed E-state index contributed by atoms with van der Waals surface area (Å²) in [5.41, 5.74) is 5.01. The van der Waals surface area contributed by atoms with Crippen LogP contribution in [0.15, 0.2) is 79.0 Å². The molecule has 3 aromatic heterocycles. The standard InChI is InChI=1S/C30H26N3OSi.Pt/c1-19-13-14-31-28(17-19)33-25-8-6-5-7-23(25)24-11-10-22(18-26(24)33)35(3,4)29-12-9-21-15-20(2)16-27(34)30(21)32-29;/h5-17,34H,1-4H3;/q-1;. The molecule has 0 bridgehead atoms. The van der Waals surface area contributed by atoms with Crippen LogP contribution in [-0.2, 0) is 21.1 Å². The second-order valence-corrected chi connectivity index (χ2v) is 14.2. The van der Waals surface area contributed by atoms with E-state index in [1.54, 1.807) is 6.07 Å². The third-order valence-electron chi connectivity index (χ3n) is 6.94. The summed E-state index contributed by atoms with van der Waals surface area (Å²) in [7, 11) is -2.22. The number of pyridine rings is 2. The number of phenols is 1. The maximum absolute atomic E-state index is 10.6. The Labute approximate surface area is 225 Å². The summed E-state index contributed by atoms with van der Waals surface area (Å²) in [5.74, 6) is 1.13. The first kappa shape index (κ1) is 24.4. The van der Waals surface area contributed by atoms with Gasteiger partial charge in [-0.05, 0) is 66.8 Å². The number of aromatic nitrogens is 3. The van der Waals surface area contributed by atoms with Crippen molar-refractivity contribution >= 4 is 51.3 Å². The van der Waals surface area contributed by atoms with Crippen LogP contribution in [-0.4, -0.2) is 27.7 Å². The molecule has 0 aliphatic heterocycles. The number of benzene rings is 3. The van der Waals surface area contributed by atoms with Gasteiger partial charge in [0.15, 0.2) is 0 Å². The molecule has 36 heavy (non-hydrogen) atoms. The van der Waals surface area contributed by atoms with E-state index in [2.05, 4.69) is 91.3 Å². The summed E-state index contributed by atoms with van der Waals surface area (Å²) >= 11 is 0. The SMILES string of the molecule is Cc1ccnc(-n2c3[c-]c([Si](C)(C)c4ccc5cc(C)cc(O)c5n4)ccc3c3ccccc32)c1.[Pt]. The Balaban J connectivity index is 0.00000267. The van der Waals surface area contributed by atoms with E-state index in [-0.39, 0.29) is 26.8 Å². The van der Waals surface area contributed by atoms with Crippen molar-refractivity contribution in [3.63, 3.8) is 0 Å². The van der Waals surface area contributed by atoms with Crippen molar-refractivity contribution in [1.82, 2.24) is 14.5 Å². The van der Waals surface area contributed by atoms with Crippen molar-refractivity contribution in [3.8, 4) is 11.6 Å². The van der Waals surface area contributed by atoms with Gasteiger partial charge in [0.05, 0.1) is 0 Å². The smallest absolute Gasteiger partial charge is 0.142 e. The first-order valence-corrected chi connectivity index (χ1v) is 14.8. The van der Waals surface area contributed by atoms with E-state index >= 15 is 0 Å². The van der Waals surface area contributed by atoms with Crippen molar-refractivity contribution < 1.29 is 26.2 Å². The quantitative estimate of drug-likeness (QED) is 0.196. The minimum atomic E-state index is -2.22. The van der Waals surface area contributed by atoms with Gasteiger partial charge in [0.25, 0.3) is 0 Å². The molecule has 0 aliphatic carbocycles. The normalized spacial score (nSPS) is 11.8. The number of phenolic OH excluding ortho intramolecular Hbond substituents is 1. The molecule has 0 unspecified atom stereocenters. The molecule has 6 rings (SSSR count). The van der Waals surface area contributed by atoms with E-state index in [9.17, 15) is 5.11 Å². The number of aryl methyl sites for hydroxylation is 2. The van der Waals surface area contributed by atoms with Gasteiger partial charge in [0, 0.05) is 43.5 Å². The summed E-state index contributed by atoms with van der Waals surface area (Å²) < 4.78 is 2.22. The second-order valence-electron chi connectivity index (χ2n) is 9.86. The van der Waals surface area contributed by atoms with Crippen LogP contribution in [0.4, 0.5) is 0 Å². The van der Waals surface area contributed by atoms with Gasteiger partial charge in [0.2, 0.25) is 0 Å². The predicted molar refractivity (Wildman–Crippen MR) is 147 cm³/mol. The van der Waals surface area contributed by atoms with E-state index < -0.39 is 8.07 Å². The van der Waals surface area contributed by atoms with Gasteiger partial charge in [-0.2, -0.15) is 23.4 Å². The monoisotopic (exact) mass is 667 g/mol. The molecular weight excluding hydrogens is 642 g/mol. The van der Waals surface area contributed by atoms with Gasteiger partial charge in [-0.25, -0.2) is 4.98 Å². The molecule has 6 heteroatoms. The summed E-state index contributed by atoms with van der Waals surface area (Å²) in [6.07, 6.45) is 1.86. The van der Waals surface area contributed by atoms with Crippen LogP contribution in [0.25, 0.3) is 38.5 Å². The largest absolute Gasteiger partial charge is 0.506 e. The first-order chi connectivity index (χ1) is 16.8. The van der Waals surface area contributed by atoms with Crippen molar-refractivity contribution in [2.24, 2.45) is 0 Å². The summed E-state index contributed by atoms with van der Waals surface area (Å²) in [5, 5.41) is 16.1. The number of fused-ring (bicyclic) bond motifs is 4. The second kappa shape index (κ2) is 8.99. The molecule has 0 saturated heterocycles. The molecular formula is C30H26N3OPtSi-. The molecule has 0 fully saturated rings. The van der Waals surface area contributed by atoms with Crippen molar-refractivity contribution in [3.05, 3.63) is 96.2 Å². The van der Waals surface area contributed by atoms with Gasteiger partial charge < -0.3 is 9.67 Å². The van der Waals surface area contributed by atoms with Crippen LogP contribution in [0.2, 0.25) is 13.1 Å². The average molecular weight is 668 g/mol. The molecule has 0 atom stereocenters. The molecule has 6 aromatic rings. The Morgan fingerprint density at radius 1 is 0.861 bits per heavy atom. The van der Waals surface area contributed by atoms with E-state index in [4.69, 9.17) is 9.97 Å². The van der Waals surface area contributed by atoms with Gasteiger partial charge in [-0.1, -0.05) is 42.9 Å². The van der Waals surface area contributed by atoms with E-state index in [0.29, 0.717) is 5.52 Å². The zero-order valence-corrected chi connectivity index (χ0v) is 23.9. The molecule has 0 amide bonds. The molecule has 3 heterocycles. The van der Waals surface area contributed by atoms with Crippen LogP contribution in [0.5, 0.6) is 5.75 Å². The average Bonchev–Trinajstić information content (AvgIpc) is 3.17. The Bertz CT molecular complexity index is 1770. The van der Waals surface area contributed by atoms with Crippen LogP contribution in [0.1, 0.15) is 11.1 Å². The fourth-order valence-corrected chi connectivity index (χ4v) is 7.08. The number of hydrogen-bond acceptors (Lipinski definition) is 3. The predicted octanol–water partition coefficient (Wildman–Crippen LogP) is 5.67. The molecule has 0 saturated carbocycles. The van der Waals surface area contributed by atoms with E-state index in [0.717, 1.165) is 38.5 Å². The number of para-hydroxylation sites is 1. The Morgan fingerprint density at radius 3 is 2.47 bits per heavy atom. The zero-order valence-electron chi connectivity index (χ0n) is 20.6. The first-order valence-electron chi connectivity index (χ1n) is 11.8. The maximum atomic E-state index is 10.6. The number of aromatic hydroxyl groups is 1. The Hall–Kier alpha value is -3.27. The molecule has 4 nitrogen and oxygen atoms in total. The molecule has 0 aliphatic rings. The number of nitrogens with zero attached hydrogens (tertiary/aromatic N) is 3. The maximum Gasteiger partial charge on any atom is 0.142 e. The third-order valence-corrected chi connectivity index (χ3v) is 10.1. The van der Waals surface area contributed by atoms with Crippen LogP contribution in [0, 0.1) is 19.9 Å². The minimum absolute atomic E-state index is 0. The van der Waals surface area contributed by atoms with Crippen molar-refractivity contribution in [1.29, 1.82) is 0 Å². The van der Waals surface area contributed by atoms with Crippen molar-refractivity contribution in [2.45, 2.75) is 26.9 Å². The number of rotatable bonds is 3. The van der Waals surface area contributed by atoms with Crippen LogP contribution < -0.4 is 10.5 Å². The third kappa shape index (κ3) is 3.87. The summed E-state index contributed by atoms with van der Waals surface area (Å²) in [6, 6.07) is 28.8. The Morgan fingerprint density at radius 2 is 1.67 bits per heavy atom. The summed E-state index contributed by atoms with van der Waals surface area (Å²) in [6.45, 7) is 8.66. The Kier molecular flexibility index (Phi) is 6.10. The zero-order chi connectivity index (χ0) is 24.3. The number of hydrogen-bond donors (Lipinski definition) is 1. The summed E-state index contributed by atoms with van der Waals surface area (Å²) in [4.78, 5) is 9.65. The fraction of sp³-hybridized carbons (Fsp3) is 0.133. The molecule has 0 spiro atoms. The fourth-order valence-electron chi connectivity index (χ4n) is 4.99. The van der Waals surface area contributed by atoms with Crippen molar-refractivity contribution in [2.75, 3.05) is 0 Å².